The van der Waals surface area contributed by atoms with Gasteiger partial charge in [0.05, 0.1) is 13.2 Å². The van der Waals surface area contributed by atoms with Gasteiger partial charge in [-0.2, -0.15) is 0 Å². The Hall–Kier alpha value is -3.14. The van der Waals surface area contributed by atoms with Crippen LogP contribution in [0.2, 0.25) is 0 Å². The fraction of sp³-hybridized carbons (Fsp3) is 0.333. The van der Waals surface area contributed by atoms with Gasteiger partial charge in [-0.05, 0) is 66.8 Å². The number of ether oxygens (including phenoxy) is 2. The zero-order chi connectivity index (χ0) is 22.8. The average molecular weight is 421 g/mol. The molecule has 4 heteroatoms. The molecule has 0 unspecified atom stereocenters. The fourth-order valence-electron chi connectivity index (χ4n) is 3.21. The zero-order valence-electron chi connectivity index (χ0n) is 18.8. The van der Waals surface area contributed by atoms with Crippen LogP contribution in [0.5, 0.6) is 11.5 Å². The number of Topliss-reactive ketones (excluding diaryl/α,β-unsaturated/α-hetero) is 2. The van der Waals surface area contributed by atoms with E-state index in [1.165, 1.54) is 11.1 Å². The molecule has 164 valence electrons. The molecule has 0 amide bonds. The fourth-order valence-corrected chi connectivity index (χ4v) is 3.21. The molecule has 0 atom stereocenters. The van der Waals surface area contributed by atoms with Gasteiger partial charge in [0.1, 0.15) is 11.5 Å². The van der Waals surface area contributed by atoms with Crippen LogP contribution in [0.1, 0.15) is 57.1 Å². The first-order valence-corrected chi connectivity index (χ1v) is 10.6. The van der Waals surface area contributed by atoms with Crippen LogP contribution in [-0.2, 0) is 9.59 Å². The maximum atomic E-state index is 11.6. The van der Waals surface area contributed by atoms with Gasteiger partial charge in [-0.25, -0.2) is 0 Å². The third kappa shape index (κ3) is 7.56. The van der Waals surface area contributed by atoms with Crippen molar-refractivity contribution in [3.63, 3.8) is 0 Å². The molecule has 0 N–H and O–H groups in total. The molecule has 2 rings (SSSR count). The lowest BCUT2D eigenvalue weighted by atomic mass is 9.89. The molecule has 0 aliphatic carbocycles. The van der Waals surface area contributed by atoms with Crippen LogP contribution < -0.4 is 9.47 Å². The van der Waals surface area contributed by atoms with Gasteiger partial charge in [-0.3, -0.25) is 9.59 Å². The molecule has 0 bridgehead atoms. The molecule has 0 fully saturated rings. The number of ketones is 2. The summed E-state index contributed by atoms with van der Waals surface area (Å²) in [6.07, 6.45) is 1.63. The van der Waals surface area contributed by atoms with E-state index in [1.807, 2.05) is 24.3 Å². The summed E-state index contributed by atoms with van der Waals surface area (Å²) in [5.41, 5.74) is 3.52. The standard InChI is InChI=1S/C27H32O4/c1-6-25(21-7-11-23(12-8-21)30-17-15-26(28)19(2)3)22-9-13-24(14-10-22)31-18-16-27(29)20(4)5/h7-14,25H,2,4,6,15-18H2,1,3,5H3. The minimum absolute atomic E-state index is 0.0255. The van der Waals surface area contributed by atoms with Crippen molar-refractivity contribution in [3.05, 3.63) is 84.0 Å². The van der Waals surface area contributed by atoms with Crippen molar-refractivity contribution in [3.8, 4) is 11.5 Å². The second-order valence-corrected chi connectivity index (χ2v) is 7.70. The molecule has 0 radical (unpaired) electrons. The molecule has 0 saturated heterocycles. The predicted octanol–water partition coefficient (Wildman–Crippen LogP) is 6.06. The van der Waals surface area contributed by atoms with Gasteiger partial charge >= 0.3 is 0 Å². The van der Waals surface area contributed by atoms with Gasteiger partial charge < -0.3 is 9.47 Å². The number of carbonyl (C=O) groups is 2. The molecule has 0 heterocycles. The molecule has 0 aliphatic rings. The van der Waals surface area contributed by atoms with Crippen molar-refractivity contribution < 1.29 is 19.1 Å². The molecule has 2 aromatic carbocycles. The quantitative estimate of drug-likeness (QED) is 0.370. The van der Waals surface area contributed by atoms with E-state index < -0.39 is 0 Å². The minimum Gasteiger partial charge on any atom is -0.493 e. The highest BCUT2D eigenvalue weighted by Gasteiger charge is 2.13. The van der Waals surface area contributed by atoms with Crippen molar-refractivity contribution in [1.82, 2.24) is 0 Å². The Bertz CT molecular complexity index is 832. The van der Waals surface area contributed by atoms with Crippen LogP contribution in [0.4, 0.5) is 0 Å². The van der Waals surface area contributed by atoms with Gasteiger partial charge in [0.15, 0.2) is 11.6 Å². The number of carbonyl (C=O) groups excluding carboxylic acids is 2. The monoisotopic (exact) mass is 420 g/mol. The number of allylic oxidation sites excluding steroid dienone is 2. The molecule has 4 nitrogen and oxygen atoms in total. The Morgan fingerprint density at radius 1 is 0.742 bits per heavy atom. The molecular weight excluding hydrogens is 388 g/mol. The highest BCUT2D eigenvalue weighted by atomic mass is 16.5. The van der Waals surface area contributed by atoms with E-state index in [9.17, 15) is 9.59 Å². The molecule has 0 aliphatic heterocycles. The lowest BCUT2D eigenvalue weighted by molar-refractivity contribution is -0.116. The Labute approximate surface area is 185 Å². The Kier molecular flexibility index (Phi) is 9.26. The smallest absolute Gasteiger partial charge is 0.161 e. The number of hydrogen-bond acceptors (Lipinski definition) is 4. The summed E-state index contributed by atoms with van der Waals surface area (Å²) in [5.74, 6) is 1.82. The second-order valence-electron chi connectivity index (χ2n) is 7.70. The Morgan fingerprint density at radius 2 is 1.10 bits per heavy atom. The Balaban J connectivity index is 1.94. The summed E-state index contributed by atoms with van der Waals surface area (Å²) in [7, 11) is 0. The molecule has 0 saturated carbocycles. The number of benzene rings is 2. The van der Waals surface area contributed by atoms with E-state index in [-0.39, 0.29) is 17.5 Å². The van der Waals surface area contributed by atoms with E-state index in [4.69, 9.17) is 9.47 Å². The first-order chi connectivity index (χ1) is 14.8. The van der Waals surface area contributed by atoms with Gasteiger partial charge in [0.2, 0.25) is 0 Å². The third-order valence-electron chi connectivity index (χ3n) is 5.12. The van der Waals surface area contributed by atoms with Crippen LogP contribution in [0.25, 0.3) is 0 Å². The van der Waals surface area contributed by atoms with Crippen LogP contribution in [-0.4, -0.2) is 24.8 Å². The molecule has 0 spiro atoms. The van der Waals surface area contributed by atoms with Crippen molar-refractivity contribution in [2.24, 2.45) is 0 Å². The number of rotatable bonds is 13. The predicted molar refractivity (Wildman–Crippen MR) is 125 cm³/mol. The van der Waals surface area contributed by atoms with Gasteiger partial charge in [-0.1, -0.05) is 44.3 Å². The van der Waals surface area contributed by atoms with E-state index in [0.717, 1.165) is 17.9 Å². The molecule has 31 heavy (non-hydrogen) atoms. The van der Waals surface area contributed by atoms with Crippen molar-refractivity contribution in [1.29, 1.82) is 0 Å². The van der Waals surface area contributed by atoms with Crippen LogP contribution >= 0.6 is 0 Å². The Morgan fingerprint density at radius 3 is 1.39 bits per heavy atom. The maximum Gasteiger partial charge on any atom is 0.161 e. The first-order valence-electron chi connectivity index (χ1n) is 10.6. The summed E-state index contributed by atoms with van der Waals surface area (Å²) >= 11 is 0. The van der Waals surface area contributed by atoms with E-state index in [1.54, 1.807) is 13.8 Å². The van der Waals surface area contributed by atoms with Crippen LogP contribution in [0, 0.1) is 0 Å². The van der Waals surface area contributed by atoms with E-state index in [2.05, 4.69) is 44.3 Å². The summed E-state index contributed by atoms with van der Waals surface area (Å²) < 4.78 is 11.4. The van der Waals surface area contributed by atoms with E-state index in [0.29, 0.717) is 37.2 Å². The SMILES string of the molecule is C=C(C)C(=O)CCOc1ccc(C(CC)c2ccc(OCCC(=O)C(=C)C)cc2)cc1. The van der Waals surface area contributed by atoms with Crippen molar-refractivity contribution >= 4 is 11.6 Å². The van der Waals surface area contributed by atoms with Gasteiger partial charge in [0.25, 0.3) is 0 Å². The number of hydrogen-bond donors (Lipinski definition) is 0. The summed E-state index contributed by atoms with van der Waals surface area (Å²) in [5, 5.41) is 0. The van der Waals surface area contributed by atoms with Crippen molar-refractivity contribution in [2.45, 2.75) is 46.0 Å². The molecule has 0 aromatic heterocycles. The largest absolute Gasteiger partial charge is 0.493 e. The molecule has 2 aromatic rings. The van der Waals surface area contributed by atoms with Gasteiger partial charge in [0, 0.05) is 18.8 Å². The lowest BCUT2D eigenvalue weighted by Gasteiger charge is -2.17. The third-order valence-corrected chi connectivity index (χ3v) is 5.12. The van der Waals surface area contributed by atoms with Crippen molar-refractivity contribution in [2.75, 3.05) is 13.2 Å². The molecular formula is C27H32O4. The average Bonchev–Trinajstić information content (AvgIpc) is 2.76. The minimum atomic E-state index is 0.0255. The highest BCUT2D eigenvalue weighted by molar-refractivity contribution is 5.94. The van der Waals surface area contributed by atoms with Gasteiger partial charge in [-0.15, -0.1) is 0 Å². The summed E-state index contributed by atoms with van der Waals surface area (Å²) in [6, 6.07) is 16.0. The zero-order valence-corrected chi connectivity index (χ0v) is 18.8. The maximum absolute atomic E-state index is 11.6. The highest BCUT2D eigenvalue weighted by Crippen LogP contribution is 2.30. The second kappa shape index (κ2) is 11.9. The normalized spacial score (nSPS) is 10.6. The van der Waals surface area contributed by atoms with E-state index >= 15 is 0 Å². The van der Waals surface area contributed by atoms with Crippen LogP contribution in [0.3, 0.4) is 0 Å². The topological polar surface area (TPSA) is 52.6 Å². The first kappa shape index (κ1) is 24.1. The lowest BCUT2D eigenvalue weighted by Crippen LogP contribution is -2.07. The van der Waals surface area contributed by atoms with Crippen LogP contribution in [0.15, 0.2) is 72.8 Å². The summed E-state index contributed by atoms with van der Waals surface area (Å²) in [4.78, 5) is 23.2. The summed E-state index contributed by atoms with van der Waals surface area (Å²) in [6.45, 7) is 13.6.